The minimum absolute atomic E-state index is 0.337. The van der Waals surface area contributed by atoms with Crippen LogP contribution in [0.2, 0.25) is 0 Å². The standard InChI is InChI=1S/C19H20NO2S2/c1-3-4-7-14-8-5-6-9-18(14)23-19-13-20-17-12-15(24(2,21)22)10-11-16(17)19/h5-6,8-13,20H,1,3-4,7H2,2H3. The van der Waals surface area contributed by atoms with E-state index in [1.54, 1.807) is 23.9 Å². The first-order valence-electron chi connectivity index (χ1n) is 7.85. The predicted octanol–water partition coefficient (Wildman–Crippen LogP) is 4.88. The summed E-state index contributed by atoms with van der Waals surface area (Å²) in [5, 5.41) is 1.04. The fraction of sp³-hybridized carbons (Fsp3) is 0.211. The molecule has 24 heavy (non-hydrogen) atoms. The number of hydrogen-bond donors (Lipinski definition) is 1. The van der Waals surface area contributed by atoms with Crippen molar-refractivity contribution in [1.82, 2.24) is 4.98 Å². The van der Waals surface area contributed by atoms with E-state index in [1.807, 2.05) is 18.3 Å². The van der Waals surface area contributed by atoms with Gasteiger partial charge in [0.15, 0.2) is 9.84 Å². The highest BCUT2D eigenvalue weighted by molar-refractivity contribution is 7.99. The molecule has 0 unspecified atom stereocenters. The molecular formula is C19H20NO2S2. The molecule has 0 fully saturated rings. The topological polar surface area (TPSA) is 49.9 Å². The van der Waals surface area contributed by atoms with Crippen molar-refractivity contribution in [2.24, 2.45) is 0 Å². The highest BCUT2D eigenvalue weighted by Crippen LogP contribution is 2.36. The maximum Gasteiger partial charge on any atom is 0.175 e. The first-order valence-corrected chi connectivity index (χ1v) is 10.6. The second-order valence-corrected chi connectivity index (χ2v) is 8.90. The normalized spacial score (nSPS) is 11.9. The van der Waals surface area contributed by atoms with Crippen LogP contribution in [-0.2, 0) is 16.3 Å². The third-order valence-corrected chi connectivity index (χ3v) is 6.22. The Morgan fingerprint density at radius 3 is 2.67 bits per heavy atom. The van der Waals surface area contributed by atoms with Gasteiger partial charge < -0.3 is 4.98 Å². The Bertz CT molecular complexity index is 958. The van der Waals surface area contributed by atoms with Crippen LogP contribution in [0.5, 0.6) is 0 Å². The lowest BCUT2D eigenvalue weighted by molar-refractivity contribution is 0.602. The lowest BCUT2D eigenvalue weighted by atomic mass is 10.1. The molecule has 0 spiro atoms. The number of benzene rings is 2. The fourth-order valence-corrected chi connectivity index (χ4v) is 4.38. The molecule has 3 aromatic rings. The summed E-state index contributed by atoms with van der Waals surface area (Å²) in [5.41, 5.74) is 2.17. The van der Waals surface area contributed by atoms with Gasteiger partial charge in [0.25, 0.3) is 0 Å². The van der Waals surface area contributed by atoms with Gasteiger partial charge in [-0.2, -0.15) is 0 Å². The van der Waals surface area contributed by atoms with Crippen LogP contribution < -0.4 is 0 Å². The molecule has 3 nitrogen and oxygen atoms in total. The molecule has 1 radical (unpaired) electrons. The van der Waals surface area contributed by atoms with E-state index in [2.05, 4.69) is 30.1 Å². The maximum atomic E-state index is 11.7. The highest BCUT2D eigenvalue weighted by atomic mass is 32.2. The van der Waals surface area contributed by atoms with Gasteiger partial charge in [0.1, 0.15) is 0 Å². The lowest BCUT2D eigenvalue weighted by Crippen LogP contribution is -1.96. The third kappa shape index (κ3) is 3.68. The first kappa shape index (κ1) is 17.1. The molecule has 125 valence electrons. The molecule has 0 aliphatic carbocycles. The highest BCUT2D eigenvalue weighted by Gasteiger charge is 2.12. The zero-order chi connectivity index (χ0) is 17.2. The van der Waals surface area contributed by atoms with Crippen molar-refractivity contribution in [3.63, 3.8) is 0 Å². The van der Waals surface area contributed by atoms with E-state index >= 15 is 0 Å². The van der Waals surface area contributed by atoms with E-state index in [9.17, 15) is 8.42 Å². The summed E-state index contributed by atoms with van der Waals surface area (Å²) in [5.74, 6) is 0. The number of fused-ring (bicyclic) bond motifs is 1. The molecule has 0 aliphatic rings. The molecule has 0 saturated carbocycles. The fourth-order valence-electron chi connectivity index (χ4n) is 2.64. The Hall–Kier alpha value is -1.72. The Morgan fingerprint density at radius 1 is 1.12 bits per heavy atom. The Kier molecular flexibility index (Phi) is 5.01. The molecule has 3 rings (SSSR count). The maximum absolute atomic E-state index is 11.7. The number of unbranched alkanes of at least 4 members (excludes halogenated alkanes) is 1. The summed E-state index contributed by atoms with van der Waals surface area (Å²) < 4.78 is 23.4. The Balaban J connectivity index is 1.94. The van der Waals surface area contributed by atoms with Crippen molar-refractivity contribution in [1.29, 1.82) is 0 Å². The number of rotatable bonds is 6. The number of aryl methyl sites for hydroxylation is 1. The molecule has 1 aromatic heterocycles. The molecule has 1 N–H and O–H groups in total. The van der Waals surface area contributed by atoms with Gasteiger partial charge in [-0.05, 0) is 36.6 Å². The zero-order valence-corrected chi connectivity index (χ0v) is 15.2. The third-order valence-electron chi connectivity index (χ3n) is 3.93. The van der Waals surface area contributed by atoms with Gasteiger partial charge in [-0.1, -0.05) is 49.4 Å². The van der Waals surface area contributed by atoms with E-state index in [1.165, 1.54) is 16.7 Å². The predicted molar refractivity (Wildman–Crippen MR) is 100 cm³/mol. The van der Waals surface area contributed by atoms with E-state index < -0.39 is 9.84 Å². The number of hydrogen-bond acceptors (Lipinski definition) is 3. The van der Waals surface area contributed by atoms with Crippen molar-refractivity contribution < 1.29 is 8.42 Å². The SMILES string of the molecule is [CH2]CCCc1ccccc1Sc1c[nH]c2cc(S(C)(=O)=O)ccc12. The van der Waals surface area contributed by atoms with Gasteiger partial charge in [-0.15, -0.1) is 0 Å². The summed E-state index contributed by atoms with van der Waals surface area (Å²) in [6.45, 7) is 3.91. The minimum Gasteiger partial charge on any atom is -0.360 e. The summed E-state index contributed by atoms with van der Waals surface area (Å²) >= 11 is 1.71. The number of nitrogens with one attached hydrogen (secondary N) is 1. The molecular weight excluding hydrogens is 338 g/mol. The number of sulfone groups is 1. The average Bonchev–Trinajstić information content (AvgIpc) is 2.95. The lowest BCUT2D eigenvalue weighted by Gasteiger charge is -2.08. The summed E-state index contributed by atoms with van der Waals surface area (Å²) in [7, 11) is -3.19. The molecule has 0 atom stereocenters. The Labute approximate surface area is 147 Å². The number of aromatic amines is 1. The zero-order valence-electron chi connectivity index (χ0n) is 13.6. The van der Waals surface area contributed by atoms with E-state index in [-0.39, 0.29) is 0 Å². The van der Waals surface area contributed by atoms with E-state index in [0.717, 1.165) is 35.1 Å². The van der Waals surface area contributed by atoms with Crippen molar-refractivity contribution in [2.45, 2.75) is 33.9 Å². The van der Waals surface area contributed by atoms with Gasteiger partial charge in [0.2, 0.25) is 0 Å². The van der Waals surface area contributed by atoms with Crippen LogP contribution in [0.1, 0.15) is 18.4 Å². The quantitative estimate of drug-likeness (QED) is 0.683. The smallest absolute Gasteiger partial charge is 0.175 e. The van der Waals surface area contributed by atoms with E-state index in [0.29, 0.717) is 4.90 Å². The van der Waals surface area contributed by atoms with Gasteiger partial charge in [0, 0.05) is 33.1 Å². The van der Waals surface area contributed by atoms with Crippen molar-refractivity contribution >= 4 is 32.5 Å². The molecule has 0 bridgehead atoms. The van der Waals surface area contributed by atoms with Crippen molar-refractivity contribution in [3.05, 3.63) is 61.1 Å². The summed E-state index contributed by atoms with van der Waals surface area (Å²) in [4.78, 5) is 5.86. The molecule has 5 heteroatoms. The molecule has 2 aromatic carbocycles. The number of aromatic nitrogens is 1. The minimum atomic E-state index is -3.19. The first-order chi connectivity index (χ1) is 11.5. The van der Waals surface area contributed by atoms with Crippen LogP contribution in [0.3, 0.4) is 0 Å². The Morgan fingerprint density at radius 2 is 1.92 bits per heavy atom. The van der Waals surface area contributed by atoms with Crippen LogP contribution in [0.25, 0.3) is 10.9 Å². The van der Waals surface area contributed by atoms with Crippen LogP contribution in [0.15, 0.2) is 63.3 Å². The van der Waals surface area contributed by atoms with Crippen LogP contribution in [-0.4, -0.2) is 19.7 Å². The van der Waals surface area contributed by atoms with Crippen LogP contribution in [0.4, 0.5) is 0 Å². The molecule has 0 saturated heterocycles. The van der Waals surface area contributed by atoms with Gasteiger partial charge >= 0.3 is 0 Å². The van der Waals surface area contributed by atoms with Gasteiger partial charge in [-0.25, -0.2) is 8.42 Å². The molecule has 1 heterocycles. The van der Waals surface area contributed by atoms with Crippen molar-refractivity contribution in [2.75, 3.05) is 6.26 Å². The molecule has 0 amide bonds. The molecule has 0 aliphatic heterocycles. The second kappa shape index (κ2) is 7.03. The monoisotopic (exact) mass is 358 g/mol. The van der Waals surface area contributed by atoms with Crippen LogP contribution >= 0.6 is 11.8 Å². The average molecular weight is 359 g/mol. The van der Waals surface area contributed by atoms with Gasteiger partial charge in [0.05, 0.1) is 4.90 Å². The summed E-state index contributed by atoms with van der Waals surface area (Å²) in [6, 6.07) is 13.7. The van der Waals surface area contributed by atoms with Crippen molar-refractivity contribution in [3.8, 4) is 0 Å². The van der Waals surface area contributed by atoms with Crippen LogP contribution in [0, 0.1) is 6.92 Å². The second-order valence-electron chi connectivity index (χ2n) is 5.80. The largest absolute Gasteiger partial charge is 0.360 e. The summed E-state index contributed by atoms with van der Waals surface area (Å²) in [6.07, 6.45) is 6.20. The van der Waals surface area contributed by atoms with E-state index in [4.69, 9.17) is 0 Å². The number of H-pyrrole nitrogens is 1. The van der Waals surface area contributed by atoms with Gasteiger partial charge in [-0.3, -0.25) is 0 Å².